The van der Waals surface area contributed by atoms with E-state index in [-0.39, 0.29) is 30.2 Å². The van der Waals surface area contributed by atoms with E-state index in [4.69, 9.17) is 14.7 Å². The number of para-hydroxylation sites is 1. The molecule has 25 heavy (non-hydrogen) atoms. The van der Waals surface area contributed by atoms with Crippen LogP contribution in [0.2, 0.25) is 0 Å². The van der Waals surface area contributed by atoms with Crippen molar-refractivity contribution >= 4 is 5.91 Å². The maximum atomic E-state index is 12.3. The van der Waals surface area contributed by atoms with Crippen LogP contribution in [0.4, 0.5) is 0 Å². The summed E-state index contributed by atoms with van der Waals surface area (Å²) in [4.78, 5) is 22.0. The second-order valence-electron chi connectivity index (χ2n) is 5.74. The number of hydrogen-bond acceptors (Lipinski definition) is 6. The molecule has 1 aromatic heterocycles. The lowest BCUT2D eigenvalue weighted by atomic mass is 10.2. The molecule has 0 saturated carbocycles. The number of aryl methyl sites for hydroxylation is 1. The molecule has 7 heteroatoms. The number of aromatic nitrogens is 2. The van der Waals surface area contributed by atoms with Crippen LogP contribution in [-0.4, -0.2) is 46.6 Å². The number of ether oxygens (including phenoxy) is 2. The Morgan fingerprint density at radius 2 is 2.16 bits per heavy atom. The Balaban J connectivity index is 1.53. The van der Waals surface area contributed by atoms with Gasteiger partial charge in [0.15, 0.2) is 6.61 Å². The number of likely N-dealkylation sites (tertiary alicyclic amines) is 1. The fourth-order valence-electron chi connectivity index (χ4n) is 2.65. The summed E-state index contributed by atoms with van der Waals surface area (Å²) in [6.45, 7) is 2.96. The van der Waals surface area contributed by atoms with E-state index in [1.54, 1.807) is 4.90 Å². The third-order valence-electron chi connectivity index (χ3n) is 3.99. The topological polar surface area (TPSA) is 88.3 Å². The SMILES string of the molecule is Cc1ccccc1OCC(=O)N1CCC(Oc2nccnc2C#N)C1. The van der Waals surface area contributed by atoms with Crippen molar-refractivity contribution in [3.63, 3.8) is 0 Å². The summed E-state index contributed by atoms with van der Waals surface area (Å²) < 4.78 is 11.3. The highest BCUT2D eigenvalue weighted by atomic mass is 16.5. The van der Waals surface area contributed by atoms with Crippen LogP contribution >= 0.6 is 0 Å². The van der Waals surface area contributed by atoms with Crippen molar-refractivity contribution in [2.45, 2.75) is 19.4 Å². The minimum atomic E-state index is -0.203. The minimum absolute atomic E-state index is 0.00778. The van der Waals surface area contributed by atoms with Crippen LogP contribution in [0.25, 0.3) is 0 Å². The van der Waals surface area contributed by atoms with Crippen molar-refractivity contribution in [1.29, 1.82) is 5.26 Å². The number of amides is 1. The number of nitrogens with zero attached hydrogens (tertiary/aromatic N) is 4. The molecular formula is C18H18N4O3. The number of carbonyl (C=O) groups excluding carboxylic acids is 1. The van der Waals surface area contributed by atoms with Crippen LogP contribution in [-0.2, 0) is 4.79 Å². The number of nitriles is 1. The standard InChI is InChI=1S/C18H18N4O3/c1-13-4-2-3-5-16(13)24-12-17(23)22-9-6-14(11-22)25-18-15(10-19)20-7-8-21-18/h2-5,7-8,14H,6,9,11-12H2,1H3. The van der Waals surface area contributed by atoms with E-state index < -0.39 is 0 Å². The quantitative estimate of drug-likeness (QED) is 0.825. The largest absolute Gasteiger partial charge is 0.484 e. The Labute approximate surface area is 145 Å². The Hall–Kier alpha value is -3.14. The van der Waals surface area contributed by atoms with E-state index >= 15 is 0 Å². The number of hydrogen-bond donors (Lipinski definition) is 0. The molecule has 1 saturated heterocycles. The lowest BCUT2D eigenvalue weighted by Crippen LogP contribution is -2.34. The highest BCUT2D eigenvalue weighted by molar-refractivity contribution is 5.78. The van der Waals surface area contributed by atoms with Gasteiger partial charge in [0.05, 0.1) is 6.54 Å². The first kappa shape index (κ1) is 16.7. The zero-order valence-electron chi connectivity index (χ0n) is 13.9. The number of benzene rings is 1. The van der Waals surface area contributed by atoms with Gasteiger partial charge < -0.3 is 14.4 Å². The summed E-state index contributed by atoms with van der Waals surface area (Å²) in [7, 11) is 0. The summed E-state index contributed by atoms with van der Waals surface area (Å²) in [5.41, 5.74) is 1.14. The second kappa shape index (κ2) is 7.62. The Morgan fingerprint density at radius 3 is 2.96 bits per heavy atom. The van der Waals surface area contributed by atoms with E-state index in [1.807, 2.05) is 37.3 Å². The van der Waals surface area contributed by atoms with Crippen molar-refractivity contribution in [1.82, 2.24) is 14.9 Å². The molecule has 1 aliphatic rings. The number of carbonyl (C=O) groups is 1. The third kappa shape index (κ3) is 4.04. The van der Waals surface area contributed by atoms with Crippen molar-refractivity contribution < 1.29 is 14.3 Å². The molecular weight excluding hydrogens is 320 g/mol. The predicted octanol–water partition coefficient (Wildman–Crippen LogP) is 1.72. The van der Waals surface area contributed by atoms with Crippen molar-refractivity contribution in [3.05, 3.63) is 47.9 Å². The molecule has 2 heterocycles. The van der Waals surface area contributed by atoms with Crippen LogP contribution < -0.4 is 9.47 Å². The maximum Gasteiger partial charge on any atom is 0.260 e. The van der Waals surface area contributed by atoms with Gasteiger partial charge in [-0.2, -0.15) is 5.26 Å². The van der Waals surface area contributed by atoms with Crippen LogP contribution in [0.1, 0.15) is 17.7 Å². The lowest BCUT2D eigenvalue weighted by molar-refractivity contribution is -0.132. The summed E-state index contributed by atoms with van der Waals surface area (Å²) in [6, 6.07) is 9.53. The molecule has 2 aromatic rings. The van der Waals surface area contributed by atoms with Gasteiger partial charge in [-0.3, -0.25) is 4.79 Å². The summed E-state index contributed by atoms with van der Waals surface area (Å²) in [5.74, 6) is 0.829. The fraction of sp³-hybridized carbons (Fsp3) is 0.333. The van der Waals surface area contributed by atoms with E-state index in [0.717, 1.165) is 5.56 Å². The van der Waals surface area contributed by atoms with Gasteiger partial charge in [-0.25, -0.2) is 9.97 Å². The molecule has 1 unspecified atom stereocenters. The van der Waals surface area contributed by atoms with Crippen molar-refractivity contribution in [2.24, 2.45) is 0 Å². The molecule has 0 spiro atoms. The van der Waals surface area contributed by atoms with Crippen LogP contribution in [0.5, 0.6) is 11.6 Å². The average Bonchev–Trinajstić information content (AvgIpc) is 3.10. The predicted molar refractivity (Wildman–Crippen MR) is 89.0 cm³/mol. The molecule has 7 nitrogen and oxygen atoms in total. The molecule has 0 N–H and O–H groups in total. The zero-order valence-corrected chi connectivity index (χ0v) is 13.9. The normalized spacial score (nSPS) is 16.3. The summed E-state index contributed by atoms with van der Waals surface area (Å²) in [5, 5.41) is 9.02. The highest BCUT2D eigenvalue weighted by Gasteiger charge is 2.28. The van der Waals surface area contributed by atoms with Gasteiger partial charge in [0.25, 0.3) is 11.8 Å². The van der Waals surface area contributed by atoms with Crippen LogP contribution in [0.15, 0.2) is 36.7 Å². The molecule has 0 aliphatic carbocycles. The van der Waals surface area contributed by atoms with Gasteiger partial charge in [0.1, 0.15) is 17.9 Å². The molecule has 3 rings (SSSR count). The third-order valence-corrected chi connectivity index (χ3v) is 3.99. The second-order valence-corrected chi connectivity index (χ2v) is 5.74. The molecule has 0 radical (unpaired) electrons. The van der Waals surface area contributed by atoms with Crippen LogP contribution in [0.3, 0.4) is 0 Å². The van der Waals surface area contributed by atoms with E-state index in [9.17, 15) is 4.79 Å². The molecule has 128 valence electrons. The molecule has 1 aromatic carbocycles. The van der Waals surface area contributed by atoms with Gasteiger partial charge >= 0.3 is 0 Å². The molecule has 1 atom stereocenters. The summed E-state index contributed by atoms with van der Waals surface area (Å²) >= 11 is 0. The van der Waals surface area contributed by atoms with Crippen molar-refractivity contribution in [2.75, 3.05) is 19.7 Å². The van der Waals surface area contributed by atoms with Gasteiger partial charge in [-0.15, -0.1) is 0 Å². The molecule has 1 aliphatic heterocycles. The Kier molecular flexibility index (Phi) is 5.09. The molecule has 1 amide bonds. The van der Waals surface area contributed by atoms with Gasteiger partial charge in [-0.1, -0.05) is 18.2 Å². The first-order valence-corrected chi connectivity index (χ1v) is 8.01. The van der Waals surface area contributed by atoms with E-state index in [1.165, 1.54) is 12.4 Å². The van der Waals surface area contributed by atoms with Crippen molar-refractivity contribution in [3.8, 4) is 17.7 Å². The maximum absolute atomic E-state index is 12.3. The zero-order chi connectivity index (χ0) is 17.6. The van der Waals surface area contributed by atoms with E-state index in [2.05, 4.69) is 9.97 Å². The fourth-order valence-corrected chi connectivity index (χ4v) is 2.65. The molecule has 1 fully saturated rings. The number of rotatable bonds is 5. The van der Waals surface area contributed by atoms with E-state index in [0.29, 0.717) is 25.3 Å². The lowest BCUT2D eigenvalue weighted by Gasteiger charge is -2.17. The Morgan fingerprint density at radius 1 is 1.36 bits per heavy atom. The first-order valence-electron chi connectivity index (χ1n) is 8.01. The van der Waals surface area contributed by atoms with Gasteiger partial charge in [0.2, 0.25) is 5.69 Å². The average molecular weight is 338 g/mol. The monoisotopic (exact) mass is 338 g/mol. The summed E-state index contributed by atoms with van der Waals surface area (Å²) in [6.07, 6.45) is 3.40. The van der Waals surface area contributed by atoms with Gasteiger partial charge in [0, 0.05) is 25.4 Å². The smallest absolute Gasteiger partial charge is 0.260 e. The first-order chi connectivity index (χ1) is 12.2. The Bertz CT molecular complexity index is 803. The van der Waals surface area contributed by atoms with Crippen LogP contribution in [0, 0.1) is 18.3 Å². The molecule has 0 bridgehead atoms. The van der Waals surface area contributed by atoms with Gasteiger partial charge in [-0.05, 0) is 18.6 Å². The highest BCUT2D eigenvalue weighted by Crippen LogP contribution is 2.20. The minimum Gasteiger partial charge on any atom is -0.484 e.